The number of ether oxygens (including phenoxy) is 1. The summed E-state index contributed by atoms with van der Waals surface area (Å²) in [7, 11) is -9.97. The summed E-state index contributed by atoms with van der Waals surface area (Å²) in [4.78, 5) is -2.21. The maximum atomic E-state index is 13.1. The number of halogens is 8. The molecule has 1 fully saturated rings. The van der Waals surface area contributed by atoms with Gasteiger partial charge < -0.3 is 4.74 Å². The monoisotopic (exact) mass is 559 g/mol. The Morgan fingerprint density at radius 3 is 2.22 bits per heavy atom. The lowest BCUT2D eigenvalue weighted by molar-refractivity contribution is 0.278. The number of rotatable bonds is 5. The summed E-state index contributed by atoms with van der Waals surface area (Å²) in [6.07, 6.45) is 1.94. The first-order chi connectivity index (χ1) is 12.2. The fourth-order valence-electron chi connectivity index (χ4n) is 2.18. The Kier molecular flexibility index (Phi) is 4.62. The molecule has 1 aromatic carbocycles. The molecule has 13 heteroatoms. The Labute approximate surface area is 174 Å². The van der Waals surface area contributed by atoms with Crippen molar-refractivity contribution in [3.05, 3.63) is 31.4 Å². The third-order valence-electron chi connectivity index (χ3n) is 3.69. The molecule has 0 aliphatic heterocycles. The van der Waals surface area contributed by atoms with Gasteiger partial charge in [0.2, 0.25) is 5.88 Å². The van der Waals surface area contributed by atoms with Gasteiger partial charge in [0.25, 0.3) is 0 Å². The van der Waals surface area contributed by atoms with Crippen LogP contribution in [0.15, 0.2) is 17.0 Å². The van der Waals surface area contributed by atoms with Crippen LogP contribution < -0.4 is 4.74 Å². The molecule has 1 aliphatic rings. The number of nitriles is 1. The quantitative estimate of drug-likeness (QED) is 0.290. The summed E-state index contributed by atoms with van der Waals surface area (Å²) >= 11 is 13.5. The highest BCUT2D eigenvalue weighted by molar-refractivity contribution is 14.1. The van der Waals surface area contributed by atoms with Crippen LogP contribution in [0.25, 0.3) is 5.69 Å². The lowest BCUT2D eigenvalue weighted by atomic mass is 10.3. The molecule has 1 heterocycles. The molecule has 4 nitrogen and oxygen atoms in total. The van der Waals surface area contributed by atoms with Crippen LogP contribution in [-0.4, -0.2) is 16.4 Å². The standard InChI is InChI=1S/C14H9Cl2F5IN3OS/c15-9-3-8(27(17,18,19,20)21)4-10(16)13(9)25-14(26-6-7-1-2-7)12(22)11(5-23)24-25/h3-4,7H,1-2,6H2. The van der Waals surface area contributed by atoms with Gasteiger partial charge in [-0.25, -0.2) is 0 Å². The Bertz CT molecular complexity index is 963. The highest BCUT2D eigenvalue weighted by atomic mass is 127. The van der Waals surface area contributed by atoms with Crippen LogP contribution in [-0.2, 0) is 0 Å². The van der Waals surface area contributed by atoms with Crippen LogP contribution in [0.3, 0.4) is 0 Å². The fraction of sp³-hybridized carbons (Fsp3) is 0.286. The molecular formula is C14H9Cl2F5IN3OS. The van der Waals surface area contributed by atoms with Crippen LogP contribution in [0, 0.1) is 20.8 Å². The highest BCUT2D eigenvalue weighted by Crippen LogP contribution is 3.02. The lowest BCUT2D eigenvalue weighted by Crippen LogP contribution is -2.10. The van der Waals surface area contributed by atoms with Gasteiger partial charge in [0.05, 0.1) is 16.7 Å². The van der Waals surface area contributed by atoms with Crippen LogP contribution in [0.2, 0.25) is 10.0 Å². The molecule has 1 aliphatic carbocycles. The van der Waals surface area contributed by atoms with E-state index in [-0.39, 0.29) is 29.4 Å². The minimum absolute atomic E-state index is 0.0583. The normalized spacial score (nSPS) is 17.1. The van der Waals surface area contributed by atoms with Crippen molar-refractivity contribution in [3.8, 4) is 17.6 Å². The molecule has 1 saturated carbocycles. The first-order valence-corrected chi connectivity index (χ1v) is 11.0. The van der Waals surface area contributed by atoms with E-state index in [4.69, 9.17) is 33.2 Å². The SMILES string of the molecule is N#Cc1nn(-c2c(Cl)cc(S(F)(F)(F)(F)F)cc2Cl)c(OCC2CC2)c1I. The largest absolute Gasteiger partial charge is 0.476 e. The molecule has 0 unspecified atom stereocenters. The zero-order valence-electron chi connectivity index (χ0n) is 13.0. The minimum atomic E-state index is -9.97. The van der Waals surface area contributed by atoms with Gasteiger partial charge in [0.15, 0.2) is 5.69 Å². The van der Waals surface area contributed by atoms with Gasteiger partial charge in [0.1, 0.15) is 20.2 Å². The van der Waals surface area contributed by atoms with Crippen molar-refractivity contribution in [3.63, 3.8) is 0 Å². The van der Waals surface area contributed by atoms with Crippen molar-refractivity contribution in [1.82, 2.24) is 9.78 Å². The predicted molar refractivity (Wildman–Crippen MR) is 101 cm³/mol. The molecule has 148 valence electrons. The van der Waals surface area contributed by atoms with Crippen molar-refractivity contribution in [2.45, 2.75) is 17.7 Å². The summed E-state index contributed by atoms with van der Waals surface area (Å²) < 4.78 is 72.2. The number of hydrogen-bond acceptors (Lipinski definition) is 3. The highest BCUT2D eigenvalue weighted by Gasteiger charge is 2.65. The molecule has 27 heavy (non-hydrogen) atoms. The van der Waals surface area contributed by atoms with Gasteiger partial charge in [-0.15, -0.1) is 0 Å². The Morgan fingerprint density at radius 1 is 1.22 bits per heavy atom. The van der Waals surface area contributed by atoms with Crippen molar-refractivity contribution in [2.24, 2.45) is 5.92 Å². The number of nitrogens with zero attached hydrogens (tertiary/aromatic N) is 3. The second-order valence-corrected chi connectivity index (χ2v) is 10.3. The number of hydrogen-bond donors (Lipinski definition) is 0. The summed E-state index contributed by atoms with van der Waals surface area (Å²) in [6.45, 7) is 0.311. The molecule has 0 radical (unpaired) electrons. The average molecular weight is 560 g/mol. The van der Waals surface area contributed by atoms with Crippen molar-refractivity contribution >= 4 is 56.0 Å². The van der Waals surface area contributed by atoms with E-state index < -0.39 is 25.2 Å². The van der Waals surface area contributed by atoms with E-state index in [1.54, 1.807) is 22.6 Å². The van der Waals surface area contributed by atoms with Gasteiger partial charge in [-0.3, -0.25) is 0 Å². The predicted octanol–water partition coefficient (Wildman–Crippen LogP) is 7.10. The zero-order valence-corrected chi connectivity index (χ0v) is 17.5. The maximum absolute atomic E-state index is 13.1. The molecule has 0 spiro atoms. The van der Waals surface area contributed by atoms with E-state index >= 15 is 0 Å². The number of benzene rings is 1. The van der Waals surface area contributed by atoms with Crippen LogP contribution in [0.5, 0.6) is 5.88 Å². The summed E-state index contributed by atoms with van der Waals surface area (Å²) in [5.41, 5.74) is -0.348. The molecular weight excluding hydrogens is 551 g/mol. The van der Waals surface area contributed by atoms with Crippen LogP contribution in [0.4, 0.5) is 19.4 Å². The fourth-order valence-corrected chi connectivity index (χ4v) is 4.25. The van der Waals surface area contributed by atoms with E-state index in [1.807, 2.05) is 6.07 Å². The van der Waals surface area contributed by atoms with Gasteiger partial charge in [0, 0.05) is 0 Å². The molecule has 0 atom stereocenters. The van der Waals surface area contributed by atoms with Crippen LogP contribution in [0.1, 0.15) is 18.5 Å². The summed E-state index contributed by atoms with van der Waals surface area (Å²) in [5, 5.41) is 11.7. The Balaban J connectivity index is 2.16. The molecule has 0 saturated heterocycles. The third kappa shape index (κ3) is 4.38. The first kappa shape index (κ1) is 20.8. The topological polar surface area (TPSA) is 50.8 Å². The minimum Gasteiger partial charge on any atom is -0.476 e. The second-order valence-electron chi connectivity index (χ2n) is 5.95. The Hall–Kier alpha value is -0.970. The van der Waals surface area contributed by atoms with Crippen molar-refractivity contribution in [1.29, 1.82) is 5.26 Å². The zero-order chi connectivity index (χ0) is 20.3. The number of aromatic nitrogens is 2. The molecule has 0 bridgehead atoms. The van der Waals surface area contributed by atoms with Gasteiger partial charge >= 0.3 is 10.2 Å². The van der Waals surface area contributed by atoms with Gasteiger partial charge in [-0.1, -0.05) is 42.6 Å². The molecule has 3 rings (SSSR count). The second kappa shape index (κ2) is 6.01. The van der Waals surface area contributed by atoms with E-state index in [9.17, 15) is 19.4 Å². The molecule has 0 amide bonds. The van der Waals surface area contributed by atoms with Gasteiger partial charge in [-0.2, -0.15) is 15.0 Å². The Morgan fingerprint density at radius 2 is 1.78 bits per heavy atom. The molecule has 2 aromatic rings. The lowest BCUT2D eigenvalue weighted by Gasteiger charge is -2.40. The van der Waals surface area contributed by atoms with Crippen LogP contribution >= 0.6 is 56.0 Å². The van der Waals surface area contributed by atoms with E-state index in [2.05, 4.69) is 5.10 Å². The summed E-state index contributed by atoms with van der Waals surface area (Å²) in [5.74, 6) is 0.388. The van der Waals surface area contributed by atoms with E-state index in [1.165, 1.54) is 0 Å². The van der Waals surface area contributed by atoms with Crippen molar-refractivity contribution in [2.75, 3.05) is 6.61 Å². The first-order valence-electron chi connectivity index (χ1n) is 7.26. The average Bonchev–Trinajstić information content (AvgIpc) is 3.27. The molecule has 1 aromatic heterocycles. The maximum Gasteiger partial charge on any atom is 0.310 e. The van der Waals surface area contributed by atoms with Crippen molar-refractivity contribution < 1.29 is 24.2 Å². The third-order valence-corrected chi connectivity index (χ3v) is 6.37. The smallest absolute Gasteiger partial charge is 0.310 e. The van der Waals surface area contributed by atoms with Gasteiger partial charge in [-0.05, 0) is 53.5 Å². The summed E-state index contributed by atoms with van der Waals surface area (Å²) in [6, 6.07) is 2.00. The van der Waals surface area contributed by atoms with E-state index in [0.717, 1.165) is 17.5 Å². The molecule has 0 N–H and O–H groups in total. The van der Waals surface area contributed by atoms with E-state index in [0.29, 0.717) is 16.1 Å².